The van der Waals surface area contributed by atoms with Crippen LogP contribution in [-0.4, -0.2) is 38.2 Å². The first kappa shape index (κ1) is 18.9. The van der Waals surface area contributed by atoms with Gasteiger partial charge in [0, 0.05) is 12.6 Å². The Morgan fingerprint density at radius 3 is 2.15 bits per heavy atom. The molecule has 7 heteroatoms. The molecular weight excluding hydrogens is 363 g/mol. The van der Waals surface area contributed by atoms with Crippen molar-refractivity contribution in [2.45, 2.75) is 29.4 Å². The minimum absolute atomic E-state index is 0.271. The summed E-state index contributed by atoms with van der Waals surface area (Å²) >= 11 is 0. The fraction of sp³-hybridized carbons (Fsp3) is 0.368. The lowest BCUT2D eigenvalue weighted by molar-refractivity contribution is 0.232. The van der Waals surface area contributed by atoms with Gasteiger partial charge in [0.1, 0.15) is 22.3 Å². The van der Waals surface area contributed by atoms with Gasteiger partial charge in [-0.2, -0.15) is 0 Å². The predicted octanol–water partition coefficient (Wildman–Crippen LogP) is 3.58. The van der Waals surface area contributed by atoms with E-state index in [1.165, 1.54) is 12.1 Å². The molecule has 3 rings (SSSR count). The van der Waals surface area contributed by atoms with E-state index < -0.39 is 31.6 Å². The number of hydrogen-bond acceptors (Lipinski definition) is 3. The van der Waals surface area contributed by atoms with E-state index in [-0.39, 0.29) is 5.82 Å². The molecule has 0 aliphatic carbocycles. The molecule has 0 spiro atoms. The van der Waals surface area contributed by atoms with Gasteiger partial charge in [-0.05, 0) is 62.2 Å². The first-order chi connectivity index (χ1) is 12.4. The molecule has 0 amide bonds. The smallest absolute Gasteiger partial charge is 0.184 e. The van der Waals surface area contributed by atoms with Gasteiger partial charge in [0.25, 0.3) is 0 Å². The van der Waals surface area contributed by atoms with Crippen molar-refractivity contribution >= 4 is 9.84 Å². The van der Waals surface area contributed by atoms with Crippen LogP contribution in [0.3, 0.4) is 0 Å². The van der Waals surface area contributed by atoms with Crippen LogP contribution in [-0.2, 0) is 16.3 Å². The highest BCUT2D eigenvalue weighted by atomic mass is 32.2. The molecule has 1 aliphatic rings. The lowest BCUT2D eigenvalue weighted by Gasteiger charge is -2.31. The molecule has 0 saturated carbocycles. The Morgan fingerprint density at radius 1 is 0.923 bits per heavy atom. The van der Waals surface area contributed by atoms with Gasteiger partial charge >= 0.3 is 0 Å². The highest BCUT2D eigenvalue weighted by Gasteiger charge is 2.33. The number of rotatable bonds is 5. The monoisotopic (exact) mass is 383 g/mol. The first-order valence-corrected chi connectivity index (χ1v) is 10.1. The summed E-state index contributed by atoms with van der Waals surface area (Å²) in [6.45, 7) is 1.94. The Morgan fingerprint density at radius 2 is 1.54 bits per heavy atom. The van der Waals surface area contributed by atoms with Crippen molar-refractivity contribution in [2.24, 2.45) is 0 Å². The number of nitrogens with zero attached hydrogens (tertiary/aromatic N) is 1. The van der Waals surface area contributed by atoms with Crippen LogP contribution in [0, 0.1) is 17.5 Å². The molecule has 1 aliphatic heterocycles. The van der Waals surface area contributed by atoms with Crippen LogP contribution in [0.2, 0.25) is 0 Å². The molecule has 140 valence electrons. The Hall–Kier alpha value is -1.86. The number of piperidine rings is 1. The minimum atomic E-state index is -3.81. The van der Waals surface area contributed by atoms with E-state index in [4.69, 9.17) is 0 Å². The van der Waals surface area contributed by atoms with Crippen molar-refractivity contribution in [1.29, 1.82) is 0 Å². The average molecular weight is 383 g/mol. The fourth-order valence-corrected chi connectivity index (χ4v) is 5.05. The summed E-state index contributed by atoms with van der Waals surface area (Å²) in [6.07, 6.45) is 1.56. The third-order valence-corrected chi connectivity index (χ3v) is 7.10. The van der Waals surface area contributed by atoms with E-state index in [1.54, 1.807) is 12.1 Å². The Balaban J connectivity index is 1.58. The number of likely N-dealkylation sites (tertiary alicyclic amines) is 1. The number of halogens is 3. The van der Waals surface area contributed by atoms with Crippen LogP contribution in [0.1, 0.15) is 18.4 Å². The zero-order chi connectivity index (χ0) is 18.7. The second-order valence-corrected chi connectivity index (χ2v) is 8.73. The molecular formula is C19H20F3NO2S. The second-order valence-electron chi connectivity index (χ2n) is 6.54. The Labute approximate surface area is 151 Å². The molecule has 0 N–H and O–H groups in total. The summed E-state index contributed by atoms with van der Waals surface area (Å²) in [5, 5.41) is -0.662. The maximum Gasteiger partial charge on any atom is 0.184 e. The second kappa shape index (κ2) is 7.80. The van der Waals surface area contributed by atoms with Gasteiger partial charge in [-0.3, -0.25) is 0 Å². The maximum atomic E-state index is 13.9. The summed E-state index contributed by atoms with van der Waals surface area (Å²) in [7, 11) is -3.81. The topological polar surface area (TPSA) is 37.4 Å². The number of sulfone groups is 1. The van der Waals surface area contributed by atoms with Crippen LogP contribution in [0.25, 0.3) is 0 Å². The molecule has 1 saturated heterocycles. The SMILES string of the molecule is O=S(=O)(c1ccc(F)cc1F)C1CCN(CCc2ccc(F)cc2)CC1. The largest absolute Gasteiger partial charge is 0.303 e. The summed E-state index contributed by atoms with van der Waals surface area (Å²) in [5.41, 5.74) is 1.02. The van der Waals surface area contributed by atoms with Gasteiger partial charge < -0.3 is 4.90 Å². The zero-order valence-corrected chi connectivity index (χ0v) is 15.0. The first-order valence-electron chi connectivity index (χ1n) is 8.52. The number of hydrogen-bond donors (Lipinski definition) is 0. The predicted molar refractivity (Wildman–Crippen MR) is 93.1 cm³/mol. The minimum Gasteiger partial charge on any atom is -0.303 e. The van der Waals surface area contributed by atoms with E-state index in [9.17, 15) is 21.6 Å². The van der Waals surface area contributed by atoms with E-state index in [2.05, 4.69) is 4.90 Å². The third kappa shape index (κ3) is 4.27. The summed E-state index contributed by atoms with van der Waals surface area (Å²) < 4.78 is 65.0. The van der Waals surface area contributed by atoms with Gasteiger partial charge in [-0.1, -0.05) is 12.1 Å². The molecule has 1 fully saturated rings. The van der Waals surface area contributed by atoms with Crippen molar-refractivity contribution in [3.8, 4) is 0 Å². The van der Waals surface area contributed by atoms with E-state index in [0.717, 1.165) is 30.7 Å². The lowest BCUT2D eigenvalue weighted by Crippen LogP contribution is -2.40. The van der Waals surface area contributed by atoms with E-state index >= 15 is 0 Å². The van der Waals surface area contributed by atoms with Crippen molar-refractivity contribution in [1.82, 2.24) is 4.90 Å². The molecule has 0 aromatic heterocycles. The molecule has 0 bridgehead atoms. The molecule has 1 heterocycles. The molecule has 0 atom stereocenters. The van der Waals surface area contributed by atoms with Crippen LogP contribution in [0.5, 0.6) is 0 Å². The summed E-state index contributed by atoms with van der Waals surface area (Å²) in [5.74, 6) is -2.10. The van der Waals surface area contributed by atoms with Gasteiger partial charge in [-0.15, -0.1) is 0 Å². The van der Waals surface area contributed by atoms with Crippen molar-refractivity contribution in [2.75, 3.05) is 19.6 Å². The van der Waals surface area contributed by atoms with Crippen molar-refractivity contribution < 1.29 is 21.6 Å². The van der Waals surface area contributed by atoms with E-state index in [0.29, 0.717) is 32.0 Å². The van der Waals surface area contributed by atoms with Gasteiger partial charge in [-0.25, -0.2) is 21.6 Å². The van der Waals surface area contributed by atoms with Crippen LogP contribution in [0.15, 0.2) is 47.4 Å². The molecule has 2 aromatic rings. The normalized spacial score (nSPS) is 16.7. The molecule has 0 radical (unpaired) electrons. The quantitative estimate of drug-likeness (QED) is 0.741. The van der Waals surface area contributed by atoms with Crippen molar-refractivity contribution in [3.63, 3.8) is 0 Å². The van der Waals surface area contributed by atoms with Gasteiger partial charge in [0.2, 0.25) is 0 Å². The van der Waals surface area contributed by atoms with Gasteiger partial charge in [0.15, 0.2) is 9.84 Å². The standard InChI is InChI=1S/C19H20F3NO2S/c20-15-3-1-14(2-4-15)7-10-23-11-8-17(9-12-23)26(24,25)19-6-5-16(21)13-18(19)22/h1-6,13,17H,7-12H2. The highest BCUT2D eigenvalue weighted by molar-refractivity contribution is 7.92. The molecule has 3 nitrogen and oxygen atoms in total. The van der Waals surface area contributed by atoms with Crippen LogP contribution >= 0.6 is 0 Å². The average Bonchev–Trinajstić information content (AvgIpc) is 2.61. The molecule has 26 heavy (non-hydrogen) atoms. The third-order valence-electron chi connectivity index (χ3n) is 4.80. The Bertz CT molecular complexity index is 861. The molecule has 0 unspecified atom stereocenters. The van der Waals surface area contributed by atoms with Crippen molar-refractivity contribution in [3.05, 3.63) is 65.5 Å². The fourth-order valence-electron chi connectivity index (χ4n) is 3.27. The zero-order valence-electron chi connectivity index (χ0n) is 14.2. The molecule has 2 aromatic carbocycles. The Kier molecular flexibility index (Phi) is 5.67. The summed E-state index contributed by atoms with van der Waals surface area (Å²) in [6, 6.07) is 8.89. The van der Waals surface area contributed by atoms with Crippen LogP contribution in [0.4, 0.5) is 13.2 Å². The summed E-state index contributed by atoms with van der Waals surface area (Å²) in [4.78, 5) is 1.72. The highest BCUT2D eigenvalue weighted by Crippen LogP contribution is 2.27. The number of benzene rings is 2. The van der Waals surface area contributed by atoms with Gasteiger partial charge in [0.05, 0.1) is 5.25 Å². The van der Waals surface area contributed by atoms with Crippen LogP contribution < -0.4 is 0 Å². The lowest BCUT2D eigenvalue weighted by atomic mass is 10.1. The van der Waals surface area contributed by atoms with E-state index in [1.807, 2.05) is 0 Å². The maximum absolute atomic E-state index is 13.9.